The lowest BCUT2D eigenvalue weighted by molar-refractivity contribution is -0.115. The highest BCUT2D eigenvalue weighted by molar-refractivity contribution is 8.00. The molecule has 0 fully saturated rings. The van der Waals surface area contributed by atoms with Crippen LogP contribution in [0.1, 0.15) is 12.5 Å². The van der Waals surface area contributed by atoms with Gasteiger partial charge in [0.05, 0.1) is 5.25 Å². The molecule has 3 aromatic carbocycles. The maximum Gasteiger partial charge on any atom is 0.237 e. The normalized spacial score (nSPS) is 11.6. The lowest BCUT2D eigenvalue weighted by Crippen LogP contribution is -2.22. The first-order chi connectivity index (χ1) is 12.6. The Labute approximate surface area is 158 Å². The third-order valence-corrected chi connectivity index (χ3v) is 5.03. The van der Waals surface area contributed by atoms with Crippen LogP contribution in [0.15, 0.2) is 83.8 Å². The SMILES string of the molecule is Cc1ccc(SC(C)C(=O)Nc2ccc(Nc3ccccc3)cc2)cc1. The monoisotopic (exact) mass is 362 g/mol. The molecule has 1 unspecified atom stereocenters. The van der Waals surface area contributed by atoms with E-state index >= 15 is 0 Å². The van der Waals surface area contributed by atoms with Gasteiger partial charge in [0.25, 0.3) is 0 Å². The van der Waals surface area contributed by atoms with E-state index in [1.807, 2.05) is 73.7 Å². The molecule has 3 rings (SSSR count). The fourth-order valence-electron chi connectivity index (χ4n) is 2.44. The summed E-state index contributed by atoms with van der Waals surface area (Å²) in [5.74, 6) is -0.000608. The topological polar surface area (TPSA) is 41.1 Å². The smallest absolute Gasteiger partial charge is 0.237 e. The summed E-state index contributed by atoms with van der Waals surface area (Å²) < 4.78 is 0. The van der Waals surface area contributed by atoms with E-state index in [1.165, 1.54) is 5.56 Å². The van der Waals surface area contributed by atoms with Gasteiger partial charge in [-0.3, -0.25) is 4.79 Å². The van der Waals surface area contributed by atoms with Crippen molar-refractivity contribution in [2.24, 2.45) is 0 Å². The minimum absolute atomic E-state index is 0.000608. The average Bonchev–Trinajstić information content (AvgIpc) is 2.66. The Morgan fingerprint density at radius 1 is 0.808 bits per heavy atom. The van der Waals surface area contributed by atoms with Gasteiger partial charge in [0, 0.05) is 22.0 Å². The summed E-state index contributed by atoms with van der Waals surface area (Å²) in [6.07, 6.45) is 0. The van der Waals surface area contributed by atoms with Crippen LogP contribution < -0.4 is 10.6 Å². The van der Waals surface area contributed by atoms with E-state index in [-0.39, 0.29) is 11.2 Å². The number of hydrogen-bond acceptors (Lipinski definition) is 3. The molecule has 0 aliphatic carbocycles. The summed E-state index contributed by atoms with van der Waals surface area (Å²) in [5.41, 5.74) is 4.03. The molecule has 132 valence electrons. The van der Waals surface area contributed by atoms with Crippen LogP contribution in [0.4, 0.5) is 17.1 Å². The predicted octanol–water partition coefficient (Wildman–Crippen LogP) is 5.86. The molecular formula is C22H22N2OS. The van der Waals surface area contributed by atoms with E-state index in [2.05, 4.69) is 29.7 Å². The predicted molar refractivity (Wildman–Crippen MR) is 111 cm³/mol. The highest BCUT2D eigenvalue weighted by Crippen LogP contribution is 2.25. The first-order valence-corrected chi connectivity index (χ1v) is 9.44. The summed E-state index contributed by atoms with van der Waals surface area (Å²) >= 11 is 1.56. The summed E-state index contributed by atoms with van der Waals surface area (Å²) in [5, 5.41) is 6.14. The fourth-order valence-corrected chi connectivity index (χ4v) is 3.31. The molecule has 0 spiro atoms. The average molecular weight is 362 g/mol. The zero-order chi connectivity index (χ0) is 18.4. The maximum absolute atomic E-state index is 12.4. The number of benzene rings is 3. The number of hydrogen-bond donors (Lipinski definition) is 2. The number of thioether (sulfide) groups is 1. The second-order valence-corrected chi connectivity index (χ2v) is 7.54. The van der Waals surface area contributed by atoms with Crippen molar-refractivity contribution in [1.82, 2.24) is 0 Å². The van der Waals surface area contributed by atoms with Crippen molar-refractivity contribution < 1.29 is 4.79 Å². The molecule has 0 bridgehead atoms. The van der Waals surface area contributed by atoms with Gasteiger partial charge < -0.3 is 10.6 Å². The first-order valence-electron chi connectivity index (χ1n) is 8.56. The molecular weight excluding hydrogens is 340 g/mol. The Balaban J connectivity index is 1.56. The van der Waals surface area contributed by atoms with E-state index < -0.39 is 0 Å². The Hall–Kier alpha value is -2.72. The first kappa shape index (κ1) is 18.1. The Morgan fingerprint density at radius 3 is 2.04 bits per heavy atom. The van der Waals surface area contributed by atoms with Crippen LogP contribution in [0.2, 0.25) is 0 Å². The summed E-state index contributed by atoms with van der Waals surface area (Å²) in [7, 11) is 0. The van der Waals surface area contributed by atoms with Gasteiger partial charge in [0.15, 0.2) is 0 Å². The van der Waals surface area contributed by atoms with Crippen molar-refractivity contribution in [2.45, 2.75) is 24.0 Å². The number of carbonyl (C=O) groups excluding carboxylic acids is 1. The number of rotatable bonds is 6. The van der Waals surface area contributed by atoms with Crippen molar-refractivity contribution in [3.63, 3.8) is 0 Å². The molecule has 2 N–H and O–H groups in total. The minimum atomic E-state index is -0.167. The number of amides is 1. The summed E-state index contributed by atoms with van der Waals surface area (Å²) in [6.45, 7) is 3.98. The second-order valence-electron chi connectivity index (χ2n) is 6.13. The quantitative estimate of drug-likeness (QED) is 0.540. The third-order valence-electron chi connectivity index (χ3n) is 3.92. The van der Waals surface area contributed by atoms with Crippen LogP contribution in [0.3, 0.4) is 0 Å². The highest BCUT2D eigenvalue weighted by atomic mass is 32.2. The second kappa shape index (κ2) is 8.59. The lowest BCUT2D eigenvalue weighted by atomic mass is 10.2. The van der Waals surface area contributed by atoms with E-state index in [9.17, 15) is 4.79 Å². The molecule has 0 aliphatic rings. The molecule has 0 aromatic heterocycles. The molecule has 0 saturated heterocycles. The molecule has 3 nitrogen and oxygen atoms in total. The van der Waals surface area contributed by atoms with E-state index in [0.29, 0.717) is 0 Å². The Kier molecular flexibility index (Phi) is 5.97. The molecule has 0 saturated carbocycles. The van der Waals surface area contributed by atoms with E-state index in [0.717, 1.165) is 22.0 Å². The molecule has 4 heteroatoms. The number of aryl methyl sites for hydroxylation is 1. The van der Waals surface area contributed by atoms with Gasteiger partial charge in [0.1, 0.15) is 0 Å². The zero-order valence-electron chi connectivity index (χ0n) is 14.9. The Bertz CT molecular complexity index is 846. The van der Waals surface area contributed by atoms with Crippen molar-refractivity contribution >= 4 is 34.7 Å². The summed E-state index contributed by atoms with van der Waals surface area (Å²) in [6, 6.07) is 25.9. The van der Waals surface area contributed by atoms with Gasteiger partial charge in [-0.25, -0.2) is 0 Å². The van der Waals surface area contributed by atoms with Crippen molar-refractivity contribution in [2.75, 3.05) is 10.6 Å². The van der Waals surface area contributed by atoms with Gasteiger partial charge >= 0.3 is 0 Å². The Morgan fingerprint density at radius 2 is 1.38 bits per heavy atom. The summed E-state index contributed by atoms with van der Waals surface area (Å²) in [4.78, 5) is 13.5. The molecule has 0 aliphatic heterocycles. The van der Waals surface area contributed by atoms with Crippen LogP contribution in [-0.4, -0.2) is 11.2 Å². The van der Waals surface area contributed by atoms with E-state index in [1.54, 1.807) is 11.8 Å². The van der Waals surface area contributed by atoms with E-state index in [4.69, 9.17) is 0 Å². The standard InChI is InChI=1S/C22H22N2OS/c1-16-8-14-21(15-9-16)26-17(2)22(25)24-20-12-10-19(11-13-20)23-18-6-4-3-5-7-18/h3-15,17,23H,1-2H3,(H,24,25). The molecule has 26 heavy (non-hydrogen) atoms. The number of para-hydroxylation sites is 1. The third kappa shape index (κ3) is 5.14. The largest absolute Gasteiger partial charge is 0.356 e. The van der Waals surface area contributed by atoms with Gasteiger partial charge in [-0.2, -0.15) is 0 Å². The fraction of sp³-hybridized carbons (Fsp3) is 0.136. The van der Waals surface area contributed by atoms with Gasteiger partial charge in [-0.15, -0.1) is 11.8 Å². The van der Waals surface area contributed by atoms with Crippen LogP contribution >= 0.6 is 11.8 Å². The maximum atomic E-state index is 12.4. The molecule has 1 atom stereocenters. The number of carbonyl (C=O) groups is 1. The molecule has 0 heterocycles. The molecule has 0 radical (unpaired) electrons. The van der Waals surface area contributed by atoms with Crippen LogP contribution in [0.25, 0.3) is 0 Å². The van der Waals surface area contributed by atoms with Gasteiger partial charge in [-0.1, -0.05) is 35.9 Å². The lowest BCUT2D eigenvalue weighted by Gasteiger charge is -2.13. The van der Waals surface area contributed by atoms with Gasteiger partial charge in [-0.05, 0) is 62.4 Å². The zero-order valence-corrected chi connectivity index (χ0v) is 15.7. The molecule has 3 aromatic rings. The molecule has 1 amide bonds. The number of anilines is 3. The van der Waals surface area contributed by atoms with Gasteiger partial charge in [0.2, 0.25) is 5.91 Å². The van der Waals surface area contributed by atoms with Crippen molar-refractivity contribution in [3.8, 4) is 0 Å². The van der Waals surface area contributed by atoms with Crippen LogP contribution in [-0.2, 0) is 4.79 Å². The van der Waals surface area contributed by atoms with Crippen LogP contribution in [0, 0.1) is 6.92 Å². The highest BCUT2D eigenvalue weighted by Gasteiger charge is 2.14. The van der Waals surface area contributed by atoms with Crippen LogP contribution in [0.5, 0.6) is 0 Å². The number of nitrogens with one attached hydrogen (secondary N) is 2. The van der Waals surface area contributed by atoms with Crippen molar-refractivity contribution in [1.29, 1.82) is 0 Å². The van der Waals surface area contributed by atoms with Crippen molar-refractivity contribution in [3.05, 3.63) is 84.4 Å². The minimum Gasteiger partial charge on any atom is -0.356 e.